The minimum Gasteiger partial charge on any atom is -0.391 e. The minimum absolute atomic E-state index is 0.221. The SMILES string of the molecule is C[C@H](O)[C@@H](N)c1ccc(C#N)cc1F. The van der Waals surface area contributed by atoms with Crippen molar-refractivity contribution in [3.8, 4) is 6.07 Å². The molecule has 0 radical (unpaired) electrons. The second-order valence-corrected chi connectivity index (χ2v) is 3.11. The summed E-state index contributed by atoms with van der Waals surface area (Å²) in [5, 5.41) is 17.7. The van der Waals surface area contributed by atoms with E-state index < -0.39 is 18.0 Å². The normalized spacial score (nSPS) is 14.5. The highest BCUT2D eigenvalue weighted by atomic mass is 19.1. The van der Waals surface area contributed by atoms with Gasteiger partial charge in [0.2, 0.25) is 0 Å². The van der Waals surface area contributed by atoms with Gasteiger partial charge in [0.15, 0.2) is 0 Å². The summed E-state index contributed by atoms with van der Waals surface area (Å²) in [7, 11) is 0. The number of hydrogen-bond donors (Lipinski definition) is 2. The molecule has 0 aromatic heterocycles. The van der Waals surface area contributed by atoms with Crippen LogP contribution >= 0.6 is 0 Å². The molecular formula is C10H11FN2O. The van der Waals surface area contributed by atoms with Crippen LogP contribution in [0.2, 0.25) is 0 Å². The first-order valence-electron chi connectivity index (χ1n) is 4.19. The molecule has 0 aliphatic carbocycles. The van der Waals surface area contributed by atoms with Crippen LogP contribution in [0.4, 0.5) is 4.39 Å². The summed E-state index contributed by atoms with van der Waals surface area (Å²) >= 11 is 0. The van der Waals surface area contributed by atoms with E-state index in [1.165, 1.54) is 19.1 Å². The average molecular weight is 194 g/mol. The molecule has 0 unspecified atom stereocenters. The highest BCUT2D eigenvalue weighted by molar-refractivity contribution is 5.34. The predicted molar refractivity (Wildman–Crippen MR) is 49.7 cm³/mol. The monoisotopic (exact) mass is 194 g/mol. The molecule has 1 aromatic carbocycles. The fourth-order valence-corrected chi connectivity index (χ4v) is 1.13. The molecule has 0 bridgehead atoms. The zero-order valence-corrected chi connectivity index (χ0v) is 7.74. The molecular weight excluding hydrogens is 183 g/mol. The summed E-state index contributed by atoms with van der Waals surface area (Å²) in [6.45, 7) is 1.49. The van der Waals surface area contributed by atoms with Gasteiger partial charge in [-0.2, -0.15) is 5.26 Å². The number of nitrogens with two attached hydrogens (primary N) is 1. The van der Waals surface area contributed by atoms with Crippen molar-refractivity contribution in [3.05, 3.63) is 35.1 Å². The van der Waals surface area contributed by atoms with E-state index in [1.54, 1.807) is 0 Å². The molecule has 0 saturated carbocycles. The van der Waals surface area contributed by atoms with Crippen molar-refractivity contribution < 1.29 is 9.50 Å². The van der Waals surface area contributed by atoms with Gasteiger partial charge in [-0.15, -0.1) is 0 Å². The van der Waals surface area contributed by atoms with Gasteiger partial charge in [-0.05, 0) is 19.1 Å². The quantitative estimate of drug-likeness (QED) is 0.740. The molecule has 3 N–H and O–H groups in total. The van der Waals surface area contributed by atoms with Crippen molar-refractivity contribution in [2.75, 3.05) is 0 Å². The number of rotatable bonds is 2. The molecule has 4 heteroatoms. The van der Waals surface area contributed by atoms with Crippen molar-refractivity contribution in [1.82, 2.24) is 0 Å². The summed E-state index contributed by atoms with van der Waals surface area (Å²) in [6.07, 6.45) is -0.822. The number of hydrogen-bond acceptors (Lipinski definition) is 3. The van der Waals surface area contributed by atoms with Crippen molar-refractivity contribution in [2.45, 2.75) is 19.1 Å². The lowest BCUT2D eigenvalue weighted by atomic mass is 10.0. The fourth-order valence-electron chi connectivity index (χ4n) is 1.13. The first-order chi connectivity index (χ1) is 6.56. The Hall–Kier alpha value is -1.44. The van der Waals surface area contributed by atoms with E-state index in [9.17, 15) is 4.39 Å². The molecule has 0 spiro atoms. The van der Waals surface area contributed by atoms with Gasteiger partial charge >= 0.3 is 0 Å². The number of halogens is 1. The zero-order valence-electron chi connectivity index (χ0n) is 7.74. The van der Waals surface area contributed by atoms with Gasteiger partial charge in [0.05, 0.1) is 23.8 Å². The zero-order chi connectivity index (χ0) is 10.7. The lowest BCUT2D eigenvalue weighted by Crippen LogP contribution is -2.24. The number of aliphatic hydroxyl groups excluding tert-OH is 1. The van der Waals surface area contributed by atoms with E-state index in [2.05, 4.69) is 0 Å². The number of benzene rings is 1. The fraction of sp³-hybridized carbons (Fsp3) is 0.300. The van der Waals surface area contributed by atoms with Crippen LogP contribution in [0.25, 0.3) is 0 Å². The third-order valence-corrected chi connectivity index (χ3v) is 2.01. The molecule has 1 aromatic rings. The van der Waals surface area contributed by atoms with E-state index in [0.29, 0.717) is 0 Å². The number of nitrogens with zero attached hydrogens (tertiary/aromatic N) is 1. The highest BCUT2D eigenvalue weighted by Crippen LogP contribution is 2.18. The van der Waals surface area contributed by atoms with Gasteiger partial charge in [0.25, 0.3) is 0 Å². The Kier molecular flexibility index (Phi) is 3.18. The van der Waals surface area contributed by atoms with Crippen LogP contribution in [-0.2, 0) is 0 Å². The Morgan fingerprint density at radius 3 is 2.64 bits per heavy atom. The molecule has 0 fully saturated rings. The van der Waals surface area contributed by atoms with Gasteiger partial charge in [-0.25, -0.2) is 4.39 Å². The van der Waals surface area contributed by atoms with Crippen LogP contribution in [0.15, 0.2) is 18.2 Å². The Balaban J connectivity index is 3.07. The molecule has 74 valence electrons. The third kappa shape index (κ3) is 2.08. The van der Waals surface area contributed by atoms with Crippen molar-refractivity contribution in [3.63, 3.8) is 0 Å². The van der Waals surface area contributed by atoms with E-state index in [4.69, 9.17) is 16.1 Å². The molecule has 3 nitrogen and oxygen atoms in total. The lowest BCUT2D eigenvalue weighted by Gasteiger charge is -2.15. The molecule has 14 heavy (non-hydrogen) atoms. The van der Waals surface area contributed by atoms with Crippen molar-refractivity contribution in [2.24, 2.45) is 5.73 Å². The summed E-state index contributed by atoms with van der Waals surface area (Å²) < 4.78 is 13.3. The van der Waals surface area contributed by atoms with Crippen LogP contribution in [0.5, 0.6) is 0 Å². The standard InChI is InChI=1S/C10H11FN2O/c1-6(14)10(13)8-3-2-7(5-12)4-9(8)11/h2-4,6,10,14H,13H2,1H3/t6-,10+/m0/s1. The first-order valence-corrected chi connectivity index (χ1v) is 4.19. The van der Waals surface area contributed by atoms with Crippen molar-refractivity contribution in [1.29, 1.82) is 5.26 Å². The van der Waals surface area contributed by atoms with Crippen LogP contribution in [0, 0.1) is 17.1 Å². The van der Waals surface area contributed by atoms with Gasteiger partial charge in [-0.3, -0.25) is 0 Å². The number of nitriles is 1. The van der Waals surface area contributed by atoms with Gasteiger partial charge in [0, 0.05) is 5.56 Å². The summed E-state index contributed by atoms with van der Waals surface area (Å²) in [4.78, 5) is 0. The molecule has 1 rings (SSSR count). The molecule has 0 aliphatic rings. The Morgan fingerprint density at radius 2 is 2.21 bits per heavy atom. The predicted octanol–water partition coefficient (Wildman–Crippen LogP) is 1.08. The Bertz CT molecular complexity index is 371. The molecule has 0 heterocycles. The lowest BCUT2D eigenvalue weighted by molar-refractivity contribution is 0.162. The maximum absolute atomic E-state index is 13.3. The van der Waals surface area contributed by atoms with Crippen LogP contribution < -0.4 is 5.73 Å². The van der Waals surface area contributed by atoms with Gasteiger partial charge in [0.1, 0.15) is 5.82 Å². The van der Waals surface area contributed by atoms with E-state index in [-0.39, 0.29) is 11.1 Å². The smallest absolute Gasteiger partial charge is 0.129 e. The Morgan fingerprint density at radius 1 is 1.57 bits per heavy atom. The maximum atomic E-state index is 13.3. The second kappa shape index (κ2) is 4.18. The Labute approximate surface area is 81.6 Å². The second-order valence-electron chi connectivity index (χ2n) is 3.11. The average Bonchev–Trinajstić information content (AvgIpc) is 2.16. The van der Waals surface area contributed by atoms with E-state index in [0.717, 1.165) is 6.07 Å². The van der Waals surface area contributed by atoms with Crippen molar-refractivity contribution >= 4 is 0 Å². The largest absolute Gasteiger partial charge is 0.391 e. The molecule has 0 amide bonds. The van der Waals surface area contributed by atoms with Gasteiger partial charge < -0.3 is 10.8 Å². The summed E-state index contributed by atoms with van der Waals surface area (Å²) in [5.74, 6) is -0.558. The maximum Gasteiger partial charge on any atom is 0.129 e. The van der Waals surface area contributed by atoms with E-state index in [1.807, 2.05) is 6.07 Å². The van der Waals surface area contributed by atoms with Gasteiger partial charge in [-0.1, -0.05) is 6.07 Å². The third-order valence-electron chi connectivity index (χ3n) is 2.01. The molecule has 0 saturated heterocycles. The summed E-state index contributed by atoms with van der Waals surface area (Å²) in [5.41, 5.74) is 6.02. The highest BCUT2D eigenvalue weighted by Gasteiger charge is 2.16. The number of aliphatic hydroxyl groups is 1. The first kappa shape index (κ1) is 10.6. The molecule has 0 aliphatic heterocycles. The topological polar surface area (TPSA) is 70.0 Å². The van der Waals surface area contributed by atoms with Crippen LogP contribution in [0.3, 0.4) is 0 Å². The van der Waals surface area contributed by atoms with E-state index >= 15 is 0 Å². The van der Waals surface area contributed by atoms with Crippen LogP contribution in [-0.4, -0.2) is 11.2 Å². The minimum atomic E-state index is -0.822. The molecule has 2 atom stereocenters. The summed E-state index contributed by atoms with van der Waals surface area (Å²) in [6, 6.07) is 5.06. The van der Waals surface area contributed by atoms with Crippen LogP contribution in [0.1, 0.15) is 24.1 Å².